The smallest absolute Gasteiger partial charge is 0.280 e. The molecule has 162 valence electrons. The van der Waals surface area contributed by atoms with Gasteiger partial charge in [0.05, 0.1) is 16.5 Å². The van der Waals surface area contributed by atoms with Gasteiger partial charge in [0.15, 0.2) is 5.69 Å². The number of amides is 2. The van der Waals surface area contributed by atoms with Crippen molar-refractivity contribution in [3.05, 3.63) is 55.7 Å². The summed E-state index contributed by atoms with van der Waals surface area (Å²) in [6.07, 6.45) is 4.65. The van der Waals surface area contributed by atoms with Gasteiger partial charge in [0.2, 0.25) is 5.43 Å². The molecule has 2 heterocycles. The first-order valence-electron chi connectivity index (χ1n) is 10.6. The monoisotopic (exact) mass is 438 g/mol. The number of benzene rings is 1. The number of aryl methyl sites for hydroxylation is 3. The molecule has 1 aliphatic rings. The molecule has 31 heavy (non-hydrogen) atoms. The van der Waals surface area contributed by atoms with Crippen LogP contribution < -0.4 is 16.1 Å². The van der Waals surface area contributed by atoms with Crippen molar-refractivity contribution in [2.75, 3.05) is 11.9 Å². The zero-order chi connectivity index (χ0) is 22.1. The fraction of sp³-hybridized carbons (Fsp3) is 0.391. The van der Waals surface area contributed by atoms with Gasteiger partial charge < -0.3 is 10.6 Å². The summed E-state index contributed by atoms with van der Waals surface area (Å²) in [6.45, 7) is 4.47. The maximum Gasteiger partial charge on any atom is 0.280 e. The van der Waals surface area contributed by atoms with Crippen LogP contribution in [0.3, 0.4) is 0 Å². The van der Waals surface area contributed by atoms with Crippen LogP contribution in [0.5, 0.6) is 0 Å². The summed E-state index contributed by atoms with van der Waals surface area (Å²) in [5, 5.41) is 10.9. The molecule has 7 nitrogen and oxygen atoms in total. The zero-order valence-electron chi connectivity index (χ0n) is 18.0. The molecular weight excluding hydrogens is 412 g/mol. The predicted molar refractivity (Wildman–Crippen MR) is 123 cm³/mol. The van der Waals surface area contributed by atoms with Crippen molar-refractivity contribution in [3.8, 4) is 0 Å². The molecule has 2 amide bonds. The molecule has 2 N–H and O–H groups in total. The number of thiophene rings is 1. The molecular formula is C23H26N4O3S. The molecule has 0 saturated heterocycles. The van der Waals surface area contributed by atoms with Gasteiger partial charge in [0, 0.05) is 18.5 Å². The summed E-state index contributed by atoms with van der Waals surface area (Å²) in [5.41, 5.74) is 2.57. The van der Waals surface area contributed by atoms with Crippen molar-refractivity contribution in [3.63, 3.8) is 0 Å². The first kappa shape index (κ1) is 21.2. The van der Waals surface area contributed by atoms with Crippen LogP contribution in [0.4, 0.5) is 5.00 Å². The minimum Gasteiger partial charge on any atom is -0.352 e. The van der Waals surface area contributed by atoms with E-state index in [0.29, 0.717) is 28.0 Å². The number of nitrogens with one attached hydrogen (secondary N) is 2. The van der Waals surface area contributed by atoms with Crippen LogP contribution in [-0.4, -0.2) is 28.1 Å². The van der Waals surface area contributed by atoms with E-state index in [1.165, 1.54) is 11.3 Å². The maximum absolute atomic E-state index is 13.1. The molecule has 0 radical (unpaired) electrons. The van der Waals surface area contributed by atoms with Gasteiger partial charge in [0.25, 0.3) is 11.8 Å². The second-order valence-electron chi connectivity index (χ2n) is 7.95. The van der Waals surface area contributed by atoms with E-state index >= 15 is 0 Å². The van der Waals surface area contributed by atoms with Gasteiger partial charge in [-0.15, -0.1) is 11.3 Å². The number of anilines is 1. The highest BCUT2D eigenvalue weighted by Gasteiger charge is 2.27. The van der Waals surface area contributed by atoms with Crippen molar-refractivity contribution < 1.29 is 9.59 Å². The maximum atomic E-state index is 13.1. The summed E-state index contributed by atoms with van der Waals surface area (Å²) >= 11 is 1.43. The van der Waals surface area contributed by atoms with Crippen LogP contribution in [0.2, 0.25) is 0 Å². The quantitative estimate of drug-likeness (QED) is 0.637. The van der Waals surface area contributed by atoms with E-state index in [1.807, 2.05) is 26.0 Å². The fourth-order valence-electron chi connectivity index (χ4n) is 4.02. The minimum absolute atomic E-state index is 0.174. The summed E-state index contributed by atoms with van der Waals surface area (Å²) < 4.78 is 1.54. The molecule has 0 saturated carbocycles. The Morgan fingerprint density at radius 1 is 1.19 bits per heavy atom. The van der Waals surface area contributed by atoms with Gasteiger partial charge in [-0.05, 0) is 56.7 Å². The third-order valence-corrected chi connectivity index (χ3v) is 6.79. The highest BCUT2D eigenvalue weighted by atomic mass is 32.1. The molecule has 3 aromatic rings. The third-order valence-electron chi connectivity index (χ3n) is 5.59. The minimum atomic E-state index is -0.591. The van der Waals surface area contributed by atoms with E-state index in [2.05, 4.69) is 15.7 Å². The van der Waals surface area contributed by atoms with Crippen molar-refractivity contribution >= 4 is 39.1 Å². The van der Waals surface area contributed by atoms with Gasteiger partial charge in [-0.3, -0.25) is 19.1 Å². The number of carbonyl (C=O) groups excluding carboxylic acids is 2. The SMILES string of the molecule is CCCNC(=O)c1c(NC(=O)c2nn(C)c3ccc(C)cc3c2=O)sc2c1CCCC2. The van der Waals surface area contributed by atoms with Gasteiger partial charge >= 0.3 is 0 Å². The van der Waals surface area contributed by atoms with Crippen molar-refractivity contribution in [2.45, 2.75) is 46.0 Å². The molecule has 0 spiro atoms. The number of carbonyl (C=O) groups is 2. The second kappa shape index (κ2) is 8.63. The van der Waals surface area contributed by atoms with Crippen LogP contribution in [0.25, 0.3) is 10.9 Å². The molecule has 1 aliphatic carbocycles. The second-order valence-corrected chi connectivity index (χ2v) is 9.05. The average Bonchev–Trinajstić information content (AvgIpc) is 3.12. The number of nitrogens with zero attached hydrogens (tertiary/aromatic N) is 2. The molecule has 2 aromatic heterocycles. The lowest BCUT2D eigenvalue weighted by atomic mass is 9.95. The molecule has 0 bridgehead atoms. The van der Waals surface area contributed by atoms with Gasteiger partial charge in [-0.2, -0.15) is 5.10 Å². The Bertz CT molecular complexity index is 1240. The molecule has 0 atom stereocenters. The van der Waals surface area contributed by atoms with Crippen molar-refractivity contribution in [2.24, 2.45) is 7.05 Å². The Morgan fingerprint density at radius 2 is 1.97 bits per heavy atom. The Balaban J connectivity index is 1.74. The van der Waals surface area contributed by atoms with Crippen LogP contribution in [0.15, 0.2) is 23.0 Å². The molecule has 1 aromatic carbocycles. The highest BCUT2D eigenvalue weighted by molar-refractivity contribution is 7.17. The zero-order valence-corrected chi connectivity index (χ0v) is 18.8. The molecule has 4 rings (SSSR count). The Hall–Kier alpha value is -3.00. The van der Waals surface area contributed by atoms with Gasteiger partial charge in [0.1, 0.15) is 5.00 Å². The molecule has 8 heteroatoms. The number of hydrogen-bond acceptors (Lipinski definition) is 5. The Labute approximate surface area is 184 Å². The largest absolute Gasteiger partial charge is 0.352 e. The Kier molecular flexibility index (Phi) is 5.91. The fourth-order valence-corrected chi connectivity index (χ4v) is 5.30. The van der Waals surface area contributed by atoms with E-state index in [4.69, 9.17) is 0 Å². The normalized spacial score (nSPS) is 13.1. The first-order chi connectivity index (χ1) is 14.9. The number of rotatable bonds is 5. The van der Waals surface area contributed by atoms with Crippen LogP contribution in [0.1, 0.15) is 63.0 Å². The van der Waals surface area contributed by atoms with Gasteiger partial charge in [-0.1, -0.05) is 18.6 Å². The van der Waals surface area contributed by atoms with Crippen molar-refractivity contribution in [1.82, 2.24) is 15.1 Å². The summed E-state index contributed by atoms with van der Waals surface area (Å²) in [7, 11) is 1.71. The van der Waals surface area contributed by atoms with E-state index in [9.17, 15) is 14.4 Å². The summed E-state index contributed by atoms with van der Waals surface area (Å²) in [4.78, 5) is 40.1. The standard InChI is InChI=1S/C23H26N4O3S/c1-4-11-24-21(29)18-14-7-5-6-8-17(14)31-23(18)25-22(30)19-20(28)15-12-13(2)9-10-16(15)27(3)26-19/h9-10,12H,4-8,11H2,1-3H3,(H,24,29)(H,25,30). The van der Waals surface area contributed by atoms with Crippen molar-refractivity contribution in [1.29, 1.82) is 0 Å². The van der Waals surface area contributed by atoms with E-state index in [-0.39, 0.29) is 11.6 Å². The number of hydrogen-bond donors (Lipinski definition) is 2. The summed E-state index contributed by atoms with van der Waals surface area (Å²) in [5.74, 6) is -0.765. The molecule has 0 aliphatic heterocycles. The van der Waals surface area contributed by atoms with Crippen LogP contribution in [-0.2, 0) is 19.9 Å². The lowest BCUT2D eigenvalue weighted by Gasteiger charge is -2.13. The number of aromatic nitrogens is 2. The first-order valence-corrected chi connectivity index (χ1v) is 11.4. The third kappa shape index (κ3) is 3.99. The summed E-state index contributed by atoms with van der Waals surface area (Å²) in [6, 6.07) is 5.49. The van der Waals surface area contributed by atoms with E-state index in [0.717, 1.165) is 48.1 Å². The molecule has 0 unspecified atom stereocenters. The lowest BCUT2D eigenvalue weighted by Crippen LogP contribution is -2.29. The van der Waals surface area contributed by atoms with Gasteiger partial charge in [-0.25, -0.2) is 0 Å². The van der Waals surface area contributed by atoms with Crippen LogP contribution in [0, 0.1) is 6.92 Å². The number of fused-ring (bicyclic) bond motifs is 2. The topological polar surface area (TPSA) is 93.1 Å². The average molecular weight is 439 g/mol. The highest BCUT2D eigenvalue weighted by Crippen LogP contribution is 2.38. The lowest BCUT2D eigenvalue weighted by molar-refractivity contribution is 0.0954. The predicted octanol–water partition coefficient (Wildman–Crippen LogP) is 3.57. The Morgan fingerprint density at radius 3 is 2.74 bits per heavy atom. The molecule has 0 fully saturated rings. The van der Waals surface area contributed by atoms with E-state index in [1.54, 1.807) is 17.8 Å². The van der Waals surface area contributed by atoms with E-state index < -0.39 is 11.3 Å². The van der Waals surface area contributed by atoms with Crippen LogP contribution >= 0.6 is 11.3 Å².